The van der Waals surface area contributed by atoms with Crippen LogP contribution in [-0.2, 0) is 17.8 Å². The van der Waals surface area contributed by atoms with Gasteiger partial charge in [-0.1, -0.05) is 6.92 Å². The Hall–Kier alpha value is -1.50. The maximum Gasteiger partial charge on any atom is 0.311 e. The van der Waals surface area contributed by atoms with Crippen molar-refractivity contribution in [2.75, 3.05) is 19.6 Å². The van der Waals surface area contributed by atoms with Crippen LogP contribution in [0.4, 0.5) is 0 Å². The molecule has 0 aliphatic carbocycles. The second kappa shape index (κ2) is 6.30. The van der Waals surface area contributed by atoms with Crippen molar-refractivity contribution >= 4 is 5.97 Å². The third-order valence-corrected chi connectivity index (χ3v) is 4.25. The van der Waals surface area contributed by atoms with E-state index in [-0.39, 0.29) is 0 Å². The molecule has 7 nitrogen and oxygen atoms in total. The smallest absolute Gasteiger partial charge is 0.311 e. The molecule has 1 unspecified atom stereocenters. The maximum atomic E-state index is 11.4. The van der Waals surface area contributed by atoms with Gasteiger partial charge in [0.25, 0.3) is 0 Å². The number of tetrazole rings is 1. The van der Waals surface area contributed by atoms with Crippen molar-refractivity contribution in [3.63, 3.8) is 0 Å². The fourth-order valence-corrected chi connectivity index (χ4v) is 2.45. The lowest BCUT2D eigenvalue weighted by atomic mass is 9.88. The summed E-state index contributed by atoms with van der Waals surface area (Å²) in [4.78, 5) is 13.8. The van der Waals surface area contributed by atoms with Crippen LogP contribution in [0.25, 0.3) is 0 Å². The maximum absolute atomic E-state index is 11.4. The second-order valence-electron chi connectivity index (χ2n) is 5.77. The van der Waals surface area contributed by atoms with Gasteiger partial charge in [0, 0.05) is 13.0 Å². The molecule has 1 fully saturated rings. The number of carboxylic acids is 1. The number of carbonyl (C=O) groups is 1. The average molecular weight is 281 g/mol. The number of aliphatic carboxylic acids is 1. The normalized spacial score (nSPS) is 19.1. The quantitative estimate of drug-likeness (QED) is 0.796. The first-order valence-corrected chi connectivity index (χ1v) is 7.26. The summed E-state index contributed by atoms with van der Waals surface area (Å²) in [5, 5.41) is 21.0. The van der Waals surface area contributed by atoms with Crippen LogP contribution in [0, 0.1) is 5.41 Å². The zero-order valence-corrected chi connectivity index (χ0v) is 12.2. The first kappa shape index (κ1) is 14.9. The molecule has 7 heteroatoms. The fraction of sp³-hybridized carbons (Fsp3) is 0.846. The number of nitrogens with zero attached hydrogens (tertiary/aromatic N) is 5. The monoisotopic (exact) mass is 281 g/mol. The van der Waals surface area contributed by atoms with Gasteiger partial charge in [0.1, 0.15) is 0 Å². The van der Waals surface area contributed by atoms with Gasteiger partial charge >= 0.3 is 5.97 Å². The van der Waals surface area contributed by atoms with Crippen molar-refractivity contribution in [2.24, 2.45) is 5.41 Å². The van der Waals surface area contributed by atoms with Crippen LogP contribution in [0.5, 0.6) is 0 Å². The average Bonchev–Trinajstić information content (AvgIpc) is 3.07. The van der Waals surface area contributed by atoms with E-state index in [1.165, 1.54) is 12.8 Å². The van der Waals surface area contributed by atoms with Crippen molar-refractivity contribution in [3.05, 3.63) is 5.82 Å². The second-order valence-corrected chi connectivity index (χ2v) is 5.77. The molecule has 0 radical (unpaired) electrons. The minimum absolute atomic E-state index is 0.321. The molecule has 1 aromatic rings. The van der Waals surface area contributed by atoms with Crippen molar-refractivity contribution in [1.29, 1.82) is 0 Å². The summed E-state index contributed by atoms with van der Waals surface area (Å²) in [5.41, 5.74) is -0.822. The molecule has 1 aromatic heterocycles. The van der Waals surface area contributed by atoms with Gasteiger partial charge in [-0.25, -0.2) is 4.68 Å². The molecule has 20 heavy (non-hydrogen) atoms. The third-order valence-electron chi connectivity index (χ3n) is 4.25. The Labute approximate surface area is 119 Å². The molecule has 0 aromatic carbocycles. The Morgan fingerprint density at radius 1 is 1.40 bits per heavy atom. The van der Waals surface area contributed by atoms with Crippen LogP contribution >= 0.6 is 0 Å². The lowest BCUT2D eigenvalue weighted by Crippen LogP contribution is -2.33. The van der Waals surface area contributed by atoms with E-state index in [2.05, 4.69) is 20.4 Å². The summed E-state index contributed by atoms with van der Waals surface area (Å²) in [6.07, 6.45) is 3.84. The third kappa shape index (κ3) is 3.33. The van der Waals surface area contributed by atoms with Crippen molar-refractivity contribution in [2.45, 2.75) is 46.1 Å². The van der Waals surface area contributed by atoms with E-state index in [1.54, 1.807) is 11.6 Å². The minimum Gasteiger partial charge on any atom is -0.481 e. The Morgan fingerprint density at radius 2 is 2.10 bits per heavy atom. The molecule has 2 rings (SSSR count). The zero-order valence-electron chi connectivity index (χ0n) is 12.2. The molecule has 1 N–H and O–H groups in total. The number of rotatable bonds is 7. The molecule has 0 amide bonds. The minimum atomic E-state index is -0.822. The summed E-state index contributed by atoms with van der Waals surface area (Å²) in [5.74, 6) is -0.0289. The number of carboxylic acid groups (broad SMARTS) is 1. The van der Waals surface area contributed by atoms with E-state index in [0.717, 1.165) is 31.9 Å². The summed E-state index contributed by atoms with van der Waals surface area (Å²) in [6.45, 7) is 7.16. The Morgan fingerprint density at radius 3 is 2.70 bits per heavy atom. The van der Waals surface area contributed by atoms with Gasteiger partial charge < -0.3 is 10.0 Å². The molecular formula is C13H23N5O2. The molecule has 0 bridgehead atoms. The highest BCUT2D eigenvalue weighted by molar-refractivity contribution is 5.73. The van der Waals surface area contributed by atoms with Crippen LogP contribution in [0.1, 0.15) is 38.9 Å². The lowest BCUT2D eigenvalue weighted by Gasteiger charge is -2.23. The van der Waals surface area contributed by atoms with Gasteiger partial charge in [-0.2, -0.15) is 0 Å². The molecule has 1 aliphatic heterocycles. The van der Waals surface area contributed by atoms with E-state index < -0.39 is 11.4 Å². The van der Waals surface area contributed by atoms with Crippen LogP contribution in [0.15, 0.2) is 0 Å². The Balaban J connectivity index is 1.98. The van der Waals surface area contributed by atoms with E-state index in [4.69, 9.17) is 0 Å². The molecule has 2 heterocycles. The van der Waals surface area contributed by atoms with Gasteiger partial charge in [-0.05, 0) is 49.7 Å². The molecule has 1 saturated heterocycles. The number of aromatic nitrogens is 4. The molecule has 112 valence electrons. The molecule has 1 atom stereocenters. The van der Waals surface area contributed by atoms with Crippen LogP contribution < -0.4 is 0 Å². The van der Waals surface area contributed by atoms with Crippen molar-refractivity contribution in [1.82, 2.24) is 25.1 Å². The van der Waals surface area contributed by atoms with Crippen molar-refractivity contribution in [3.8, 4) is 0 Å². The van der Waals surface area contributed by atoms with Crippen LogP contribution in [0.2, 0.25) is 0 Å². The van der Waals surface area contributed by atoms with Gasteiger partial charge in [0.05, 0.1) is 12.0 Å². The highest BCUT2D eigenvalue weighted by Crippen LogP contribution is 2.24. The zero-order chi connectivity index (χ0) is 14.6. The van der Waals surface area contributed by atoms with Gasteiger partial charge in [-0.15, -0.1) is 5.10 Å². The first-order valence-electron chi connectivity index (χ1n) is 7.26. The SMILES string of the molecule is CCC(C)(Cn1nnnc1CCN1CCCC1)C(=O)O. The van der Waals surface area contributed by atoms with E-state index in [1.807, 2.05) is 6.92 Å². The van der Waals surface area contributed by atoms with Crippen molar-refractivity contribution < 1.29 is 9.90 Å². The van der Waals surface area contributed by atoms with Gasteiger partial charge in [-0.3, -0.25) is 4.79 Å². The fourth-order valence-electron chi connectivity index (χ4n) is 2.45. The van der Waals surface area contributed by atoms with Gasteiger partial charge in [0.2, 0.25) is 0 Å². The summed E-state index contributed by atoms with van der Waals surface area (Å²) in [7, 11) is 0. The highest BCUT2D eigenvalue weighted by atomic mass is 16.4. The predicted molar refractivity (Wildman–Crippen MR) is 73.2 cm³/mol. The summed E-state index contributed by atoms with van der Waals surface area (Å²) in [6, 6.07) is 0. The number of hydrogen-bond acceptors (Lipinski definition) is 5. The Kier molecular flexibility index (Phi) is 4.69. The standard InChI is InChI=1S/C13H23N5O2/c1-3-13(2,12(19)20)10-18-11(14-15-16-18)6-9-17-7-4-5-8-17/h3-10H2,1-2H3,(H,19,20). The topological polar surface area (TPSA) is 84.1 Å². The van der Waals surface area contributed by atoms with Gasteiger partial charge in [0.15, 0.2) is 5.82 Å². The molecule has 0 spiro atoms. The molecule has 1 aliphatic rings. The van der Waals surface area contributed by atoms with E-state index >= 15 is 0 Å². The lowest BCUT2D eigenvalue weighted by molar-refractivity contribution is -0.149. The highest BCUT2D eigenvalue weighted by Gasteiger charge is 2.33. The van der Waals surface area contributed by atoms with E-state index in [9.17, 15) is 9.90 Å². The molecular weight excluding hydrogens is 258 g/mol. The Bertz CT molecular complexity index is 455. The number of likely N-dealkylation sites (tertiary alicyclic amines) is 1. The van der Waals surface area contributed by atoms with Crippen LogP contribution in [0.3, 0.4) is 0 Å². The summed E-state index contributed by atoms with van der Waals surface area (Å²) < 4.78 is 1.65. The predicted octanol–water partition coefficient (Wildman–Crippen LogP) is 0.812. The first-order chi connectivity index (χ1) is 9.55. The van der Waals surface area contributed by atoms with Crippen LogP contribution in [-0.4, -0.2) is 55.8 Å². The molecule has 0 saturated carbocycles. The van der Waals surface area contributed by atoms with E-state index in [0.29, 0.717) is 13.0 Å². The summed E-state index contributed by atoms with van der Waals surface area (Å²) >= 11 is 0. The largest absolute Gasteiger partial charge is 0.481 e. The number of hydrogen-bond donors (Lipinski definition) is 1.